The van der Waals surface area contributed by atoms with Gasteiger partial charge in [-0.3, -0.25) is 9.59 Å². The van der Waals surface area contributed by atoms with Gasteiger partial charge in [0.25, 0.3) is 5.91 Å². The van der Waals surface area contributed by atoms with E-state index in [0.29, 0.717) is 30.0 Å². The van der Waals surface area contributed by atoms with Gasteiger partial charge in [-0.15, -0.1) is 0 Å². The largest absolute Gasteiger partial charge is 0.350 e. The minimum Gasteiger partial charge on any atom is -0.350 e. The number of aromatic nitrogens is 2. The van der Waals surface area contributed by atoms with Crippen molar-refractivity contribution in [3.8, 4) is 0 Å². The van der Waals surface area contributed by atoms with Crippen LogP contribution < -0.4 is 5.32 Å². The molecule has 2 amide bonds. The topological polar surface area (TPSA) is 67.2 Å². The molecule has 0 radical (unpaired) electrons. The van der Waals surface area contributed by atoms with Crippen molar-refractivity contribution in [1.29, 1.82) is 0 Å². The fourth-order valence-electron chi connectivity index (χ4n) is 3.14. The zero-order valence-corrected chi connectivity index (χ0v) is 13.3. The number of nitrogens with one attached hydrogen (secondary N) is 1. The third-order valence-corrected chi connectivity index (χ3v) is 4.74. The smallest absolute Gasteiger partial charge is 0.269 e. The van der Waals surface area contributed by atoms with E-state index in [9.17, 15) is 9.59 Å². The number of aryl methyl sites for hydroxylation is 2. The van der Waals surface area contributed by atoms with Crippen LogP contribution >= 0.6 is 0 Å². The molecule has 0 bridgehead atoms. The number of nitrogens with zero attached hydrogens (tertiary/aromatic N) is 3. The van der Waals surface area contributed by atoms with E-state index in [1.807, 2.05) is 18.9 Å². The summed E-state index contributed by atoms with van der Waals surface area (Å²) in [5.74, 6) is 1.05. The molecule has 3 rings (SSSR count). The quantitative estimate of drug-likeness (QED) is 0.906. The first-order valence-corrected chi connectivity index (χ1v) is 8.11. The van der Waals surface area contributed by atoms with Crippen LogP contribution in [0.1, 0.15) is 41.9 Å². The van der Waals surface area contributed by atoms with Crippen LogP contribution in [0, 0.1) is 18.8 Å². The molecule has 1 aliphatic carbocycles. The molecule has 2 heterocycles. The number of rotatable bonds is 4. The van der Waals surface area contributed by atoms with Crippen LogP contribution in [0.4, 0.5) is 0 Å². The van der Waals surface area contributed by atoms with E-state index in [1.54, 1.807) is 10.9 Å². The van der Waals surface area contributed by atoms with Crippen LogP contribution in [0.25, 0.3) is 0 Å². The van der Waals surface area contributed by atoms with E-state index in [4.69, 9.17) is 0 Å². The molecule has 6 nitrogen and oxygen atoms in total. The summed E-state index contributed by atoms with van der Waals surface area (Å²) in [6.07, 6.45) is 5.75. The van der Waals surface area contributed by atoms with E-state index in [1.165, 1.54) is 0 Å². The summed E-state index contributed by atoms with van der Waals surface area (Å²) in [6.45, 7) is 4.19. The first kappa shape index (κ1) is 15.1. The fourth-order valence-corrected chi connectivity index (χ4v) is 3.14. The predicted octanol–water partition coefficient (Wildman–Crippen LogP) is 1.11. The highest BCUT2D eigenvalue weighted by molar-refractivity contribution is 5.93. The molecular formula is C16H24N4O2. The summed E-state index contributed by atoms with van der Waals surface area (Å²) < 4.78 is 1.75. The van der Waals surface area contributed by atoms with Crippen molar-refractivity contribution in [3.05, 3.63) is 17.7 Å². The van der Waals surface area contributed by atoms with E-state index in [0.717, 1.165) is 44.5 Å². The minimum absolute atomic E-state index is 0.0611. The summed E-state index contributed by atoms with van der Waals surface area (Å²) >= 11 is 0. The van der Waals surface area contributed by atoms with Crippen LogP contribution in [-0.4, -0.2) is 45.9 Å². The van der Waals surface area contributed by atoms with E-state index >= 15 is 0 Å². The molecule has 0 aromatic carbocycles. The third-order valence-electron chi connectivity index (χ3n) is 4.74. The fraction of sp³-hybridized carbons (Fsp3) is 0.688. The Morgan fingerprint density at radius 1 is 1.27 bits per heavy atom. The van der Waals surface area contributed by atoms with Gasteiger partial charge < -0.3 is 14.8 Å². The lowest BCUT2D eigenvalue weighted by Gasteiger charge is -2.32. The second-order valence-electron chi connectivity index (χ2n) is 6.54. The first-order chi connectivity index (χ1) is 10.6. The second-order valence-corrected chi connectivity index (χ2v) is 6.54. The lowest BCUT2D eigenvalue weighted by Crippen LogP contribution is -2.42. The van der Waals surface area contributed by atoms with Gasteiger partial charge in [0.1, 0.15) is 5.69 Å². The van der Waals surface area contributed by atoms with E-state index in [2.05, 4.69) is 10.3 Å². The lowest BCUT2D eigenvalue weighted by molar-refractivity contribution is -0.133. The van der Waals surface area contributed by atoms with Gasteiger partial charge in [0, 0.05) is 32.6 Å². The van der Waals surface area contributed by atoms with Crippen LogP contribution in [0.5, 0.6) is 0 Å². The Hall–Kier alpha value is -1.85. The first-order valence-electron chi connectivity index (χ1n) is 8.11. The van der Waals surface area contributed by atoms with E-state index in [-0.39, 0.29) is 5.91 Å². The minimum atomic E-state index is -0.0611. The summed E-state index contributed by atoms with van der Waals surface area (Å²) in [4.78, 5) is 30.4. The van der Waals surface area contributed by atoms with Crippen LogP contribution in [0.3, 0.4) is 0 Å². The molecule has 6 heteroatoms. The molecule has 0 spiro atoms. The molecule has 2 aliphatic rings. The normalized spacial score (nSPS) is 19.3. The number of piperidine rings is 1. The van der Waals surface area contributed by atoms with Gasteiger partial charge in [-0.2, -0.15) is 0 Å². The Morgan fingerprint density at radius 2 is 1.95 bits per heavy atom. The Bertz CT molecular complexity index is 549. The maximum Gasteiger partial charge on any atom is 0.269 e. The Morgan fingerprint density at radius 3 is 2.50 bits per heavy atom. The average molecular weight is 304 g/mol. The van der Waals surface area contributed by atoms with Gasteiger partial charge in [-0.25, -0.2) is 4.98 Å². The number of hydrogen-bond acceptors (Lipinski definition) is 3. The second kappa shape index (κ2) is 6.10. The highest BCUT2D eigenvalue weighted by Gasteiger charge is 2.34. The number of amides is 2. The molecule has 1 N–H and O–H groups in total. The summed E-state index contributed by atoms with van der Waals surface area (Å²) in [5.41, 5.74) is 1.38. The lowest BCUT2D eigenvalue weighted by atomic mass is 9.96. The number of carbonyl (C=O) groups is 2. The molecule has 120 valence electrons. The Balaban J connectivity index is 1.45. The van der Waals surface area contributed by atoms with Gasteiger partial charge >= 0.3 is 0 Å². The maximum atomic E-state index is 12.2. The molecule has 1 aliphatic heterocycles. The third kappa shape index (κ3) is 3.15. The van der Waals surface area contributed by atoms with Crippen molar-refractivity contribution in [2.45, 2.75) is 32.6 Å². The molecule has 0 unspecified atom stereocenters. The number of imidazole rings is 1. The standard InChI is InChI=1S/C16H24N4O2/c1-11-14(19(2)10-18-11)15(21)17-9-12-5-7-20(8-6-12)16(22)13-3-4-13/h10,12-13H,3-9H2,1-2H3,(H,17,21). The van der Waals surface area contributed by atoms with Crippen molar-refractivity contribution in [2.75, 3.05) is 19.6 Å². The van der Waals surface area contributed by atoms with Crippen LogP contribution in [0.2, 0.25) is 0 Å². The zero-order valence-electron chi connectivity index (χ0n) is 13.3. The van der Waals surface area contributed by atoms with Gasteiger partial charge in [0.2, 0.25) is 5.91 Å². The average Bonchev–Trinajstić information content (AvgIpc) is 3.31. The summed E-state index contributed by atoms with van der Waals surface area (Å²) in [5, 5.41) is 3.01. The van der Waals surface area contributed by atoms with E-state index < -0.39 is 0 Å². The SMILES string of the molecule is Cc1ncn(C)c1C(=O)NCC1CCN(C(=O)C2CC2)CC1. The van der Waals surface area contributed by atoms with Crippen LogP contribution in [-0.2, 0) is 11.8 Å². The molecule has 0 atom stereocenters. The molecule has 22 heavy (non-hydrogen) atoms. The van der Waals surface area contributed by atoms with Crippen molar-refractivity contribution in [3.63, 3.8) is 0 Å². The van der Waals surface area contributed by atoms with Crippen molar-refractivity contribution >= 4 is 11.8 Å². The predicted molar refractivity (Wildman–Crippen MR) is 82.3 cm³/mol. The summed E-state index contributed by atoms with van der Waals surface area (Å²) in [7, 11) is 1.83. The molecule has 2 fully saturated rings. The molecule has 1 aromatic heterocycles. The highest BCUT2D eigenvalue weighted by atomic mass is 16.2. The molecule has 1 saturated carbocycles. The monoisotopic (exact) mass is 304 g/mol. The van der Waals surface area contributed by atoms with Crippen molar-refractivity contribution in [1.82, 2.24) is 19.8 Å². The highest BCUT2D eigenvalue weighted by Crippen LogP contribution is 2.32. The van der Waals surface area contributed by atoms with Gasteiger partial charge in [-0.05, 0) is 38.5 Å². The Kier molecular flexibility index (Phi) is 4.18. The number of likely N-dealkylation sites (tertiary alicyclic amines) is 1. The Labute approximate surface area is 130 Å². The zero-order chi connectivity index (χ0) is 15.7. The molecular weight excluding hydrogens is 280 g/mol. The van der Waals surface area contributed by atoms with Gasteiger partial charge in [-0.1, -0.05) is 0 Å². The van der Waals surface area contributed by atoms with Gasteiger partial charge in [0.05, 0.1) is 12.0 Å². The van der Waals surface area contributed by atoms with Gasteiger partial charge in [0.15, 0.2) is 0 Å². The van der Waals surface area contributed by atoms with Crippen molar-refractivity contribution < 1.29 is 9.59 Å². The molecule has 1 saturated heterocycles. The summed E-state index contributed by atoms with van der Waals surface area (Å²) in [6, 6.07) is 0. The van der Waals surface area contributed by atoms with Crippen molar-refractivity contribution in [2.24, 2.45) is 18.9 Å². The maximum absolute atomic E-state index is 12.2. The number of hydrogen-bond donors (Lipinski definition) is 1. The molecule has 1 aromatic rings. The van der Waals surface area contributed by atoms with Crippen LogP contribution in [0.15, 0.2) is 6.33 Å². The number of carbonyl (C=O) groups excluding carboxylic acids is 2.